The number of aromatic nitrogens is 5. The predicted octanol–water partition coefficient (Wildman–Crippen LogP) is 8.12. The predicted molar refractivity (Wildman–Crippen MR) is 210 cm³/mol. The highest BCUT2D eigenvalue weighted by molar-refractivity contribution is 7.22. The van der Waals surface area contributed by atoms with E-state index in [9.17, 15) is 14.7 Å². The van der Waals surface area contributed by atoms with Crippen molar-refractivity contribution in [3.05, 3.63) is 90.0 Å². The number of hydrogen-bond acceptors (Lipinski definition) is 9. The number of carboxylic acids is 1. The molecule has 4 heterocycles. The molecule has 0 radical (unpaired) electrons. The quantitative estimate of drug-likeness (QED) is 0.126. The van der Waals surface area contributed by atoms with Crippen LogP contribution in [0.1, 0.15) is 78.9 Å². The molecule has 2 atom stereocenters. The average Bonchev–Trinajstić information content (AvgIpc) is 3.70. The van der Waals surface area contributed by atoms with Crippen LogP contribution in [0.5, 0.6) is 0 Å². The molecular formula is C42H43N7O4S. The Morgan fingerprint density at radius 2 is 1.74 bits per heavy atom. The molecule has 10 rings (SSSR count). The van der Waals surface area contributed by atoms with Crippen LogP contribution < -0.4 is 11.1 Å². The van der Waals surface area contributed by atoms with Crippen molar-refractivity contribution >= 4 is 49.5 Å². The number of fused-ring (bicyclic) bond motifs is 2. The molecule has 4 aromatic heterocycles. The van der Waals surface area contributed by atoms with Gasteiger partial charge in [0.1, 0.15) is 0 Å². The van der Waals surface area contributed by atoms with E-state index < -0.39 is 5.97 Å². The summed E-state index contributed by atoms with van der Waals surface area (Å²) in [5, 5.41) is 19.4. The van der Waals surface area contributed by atoms with Gasteiger partial charge < -0.3 is 15.6 Å². The van der Waals surface area contributed by atoms with Gasteiger partial charge in [-0.3, -0.25) is 19.8 Å². The molecule has 4 N–H and O–H groups in total. The molecule has 276 valence electrons. The molecule has 4 fully saturated rings. The molecule has 6 aromatic rings. The monoisotopic (exact) mass is 741 g/mol. The number of thiazole rings is 1. The Bertz CT molecular complexity index is 2440. The second-order valence-electron chi connectivity index (χ2n) is 16.7. The average molecular weight is 742 g/mol. The summed E-state index contributed by atoms with van der Waals surface area (Å²) >= 11 is 1.41. The summed E-state index contributed by atoms with van der Waals surface area (Å²) in [5.74, 6) is -1.44. The largest absolute Gasteiger partial charge is 0.476 e. The Morgan fingerprint density at radius 3 is 2.50 bits per heavy atom. The second kappa shape index (κ2) is 12.5. The molecule has 4 aliphatic rings. The summed E-state index contributed by atoms with van der Waals surface area (Å²) in [4.78, 5) is 40.0. The molecule has 4 saturated carbocycles. The first kappa shape index (κ1) is 34.7. The Hall–Kier alpha value is -5.04. The Morgan fingerprint density at radius 1 is 0.944 bits per heavy atom. The molecule has 4 aliphatic carbocycles. The highest BCUT2D eigenvalue weighted by Gasteiger charge is 2.66. The molecule has 11 nitrogen and oxygen atoms in total. The third-order valence-electron chi connectivity index (χ3n) is 12.0. The number of pyridine rings is 2. The lowest BCUT2D eigenvalue weighted by Gasteiger charge is -2.69. The number of carbonyl (C=O) groups excluding carboxylic acids is 1. The van der Waals surface area contributed by atoms with Crippen LogP contribution in [0, 0.1) is 23.2 Å². The van der Waals surface area contributed by atoms with E-state index in [2.05, 4.69) is 38.8 Å². The van der Waals surface area contributed by atoms with Crippen molar-refractivity contribution in [3.8, 4) is 22.4 Å². The van der Waals surface area contributed by atoms with E-state index in [-0.39, 0.29) is 33.4 Å². The van der Waals surface area contributed by atoms with Gasteiger partial charge in [-0.2, -0.15) is 5.10 Å². The van der Waals surface area contributed by atoms with Gasteiger partial charge in [0.25, 0.3) is 5.91 Å². The normalized spacial score (nSPS) is 25.8. The van der Waals surface area contributed by atoms with Gasteiger partial charge in [-0.15, -0.1) is 0 Å². The molecular weight excluding hydrogens is 699 g/mol. The molecule has 0 saturated heterocycles. The van der Waals surface area contributed by atoms with E-state index >= 15 is 0 Å². The first-order valence-corrected chi connectivity index (χ1v) is 19.4. The third-order valence-corrected chi connectivity index (χ3v) is 12.9. The summed E-state index contributed by atoms with van der Waals surface area (Å²) in [5.41, 5.74) is 11.3. The van der Waals surface area contributed by atoms with Gasteiger partial charge in [0.2, 0.25) is 0 Å². The van der Waals surface area contributed by atoms with Crippen LogP contribution in [0.15, 0.2) is 73.1 Å². The summed E-state index contributed by atoms with van der Waals surface area (Å²) in [6, 6.07) is 18.5. The van der Waals surface area contributed by atoms with E-state index in [0.29, 0.717) is 51.6 Å². The fraction of sp³-hybridized carbons (Fsp3) is 0.381. The molecule has 12 heteroatoms. The van der Waals surface area contributed by atoms with Crippen molar-refractivity contribution in [2.75, 3.05) is 18.5 Å². The third kappa shape index (κ3) is 5.96. The standard InChI is InChI=1S/C42H43N7O4S/c1-25-30(17-45-49(25)24-41-19-39(2)18-40(3,20-41)22-42(21-39,23-41)53-15-13-43)27-9-11-31(46-35(27)37(51)52)26-8-10-32-29(16-26)28(12-14-44-32)36(50)48-38-47-33-6-4-5-7-34(33)54-38/h4-12,14,16-17H,13,15,18-24,43H2,1-3H3,(H,51,52)(H,47,48,50). The van der Waals surface area contributed by atoms with E-state index in [4.69, 9.17) is 15.6 Å². The lowest BCUT2D eigenvalue weighted by atomic mass is 9.39. The van der Waals surface area contributed by atoms with Crippen molar-refractivity contribution < 1.29 is 19.4 Å². The maximum atomic E-state index is 13.5. The number of nitrogens with zero attached hydrogens (tertiary/aromatic N) is 5. The number of aromatic carboxylic acids is 1. The number of para-hydroxylation sites is 1. The van der Waals surface area contributed by atoms with Crippen LogP contribution in [-0.2, 0) is 11.3 Å². The Kier molecular flexibility index (Phi) is 8.04. The smallest absolute Gasteiger partial charge is 0.355 e. The summed E-state index contributed by atoms with van der Waals surface area (Å²) in [7, 11) is 0. The minimum absolute atomic E-state index is 0.0354. The second-order valence-corrected chi connectivity index (χ2v) is 17.8. The van der Waals surface area contributed by atoms with Crippen LogP contribution in [0.3, 0.4) is 0 Å². The number of benzene rings is 2. The fourth-order valence-electron chi connectivity index (χ4n) is 11.2. The van der Waals surface area contributed by atoms with E-state index in [1.807, 2.05) is 61.5 Å². The summed E-state index contributed by atoms with van der Waals surface area (Å²) < 4.78 is 9.65. The van der Waals surface area contributed by atoms with E-state index in [1.165, 1.54) is 17.8 Å². The molecule has 0 spiro atoms. The van der Waals surface area contributed by atoms with Gasteiger partial charge in [0.15, 0.2) is 10.8 Å². The lowest BCUT2D eigenvalue weighted by molar-refractivity contribution is -0.247. The topological polar surface area (TPSA) is 158 Å². The van der Waals surface area contributed by atoms with Gasteiger partial charge in [-0.25, -0.2) is 14.8 Å². The minimum atomic E-state index is -1.13. The molecule has 4 bridgehead atoms. The van der Waals surface area contributed by atoms with Gasteiger partial charge >= 0.3 is 5.97 Å². The number of anilines is 1. The van der Waals surface area contributed by atoms with Crippen LogP contribution in [-0.4, -0.2) is 60.5 Å². The van der Waals surface area contributed by atoms with Crippen molar-refractivity contribution in [3.63, 3.8) is 0 Å². The molecule has 0 aliphatic heterocycles. The first-order chi connectivity index (χ1) is 25.9. The van der Waals surface area contributed by atoms with Crippen LogP contribution >= 0.6 is 11.3 Å². The maximum absolute atomic E-state index is 13.5. The number of rotatable bonds is 10. The highest BCUT2D eigenvalue weighted by atomic mass is 32.1. The van der Waals surface area contributed by atoms with E-state index in [1.54, 1.807) is 18.5 Å². The summed E-state index contributed by atoms with van der Waals surface area (Å²) in [6.45, 7) is 8.72. The number of carboxylic acid groups (broad SMARTS) is 1. The Labute approximate surface area is 317 Å². The number of nitrogens with two attached hydrogens (primary N) is 1. The van der Waals surface area contributed by atoms with Gasteiger partial charge in [-0.05, 0) is 104 Å². The van der Waals surface area contributed by atoms with E-state index in [0.717, 1.165) is 60.1 Å². The van der Waals surface area contributed by atoms with Crippen LogP contribution in [0.2, 0.25) is 0 Å². The SMILES string of the molecule is Cc1c(-c2ccc(-c3ccc4nccc(C(=O)Nc5nc6ccccc6s5)c4c3)nc2C(=O)O)cnn1CC12CC3(C)CC(C)(C1)CC(OCCN)(C3)C2. The highest BCUT2D eigenvalue weighted by Crippen LogP contribution is 2.72. The van der Waals surface area contributed by atoms with Gasteiger partial charge in [-0.1, -0.05) is 43.4 Å². The van der Waals surface area contributed by atoms with Crippen molar-refractivity contribution in [2.45, 2.75) is 71.4 Å². The molecule has 2 aromatic carbocycles. The van der Waals surface area contributed by atoms with Gasteiger partial charge in [0.05, 0.1) is 45.4 Å². The maximum Gasteiger partial charge on any atom is 0.355 e. The first-order valence-electron chi connectivity index (χ1n) is 18.5. The zero-order valence-electron chi connectivity index (χ0n) is 30.7. The van der Waals surface area contributed by atoms with Crippen LogP contribution in [0.25, 0.3) is 43.5 Å². The number of carbonyl (C=O) groups is 2. The van der Waals surface area contributed by atoms with Gasteiger partial charge in [0, 0.05) is 47.1 Å². The fourth-order valence-corrected chi connectivity index (χ4v) is 12.1. The van der Waals surface area contributed by atoms with Crippen LogP contribution in [0.4, 0.5) is 5.13 Å². The number of amides is 1. The molecule has 54 heavy (non-hydrogen) atoms. The lowest BCUT2D eigenvalue weighted by Crippen LogP contribution is -2.64. The molecule has 2 unspecified atom stereocenters. The van der Waals surface area contributed by atoms with Crippen molar-refractivity contribution in [1.29, 1.82) is 0 Å². The number of nitrogens with one attached hydrogen (secondary N) is 1. The zero-order chi connectivity index (χ0) is 37.5. The summed E-state index contributed by atoms with van der Waals surface area (Å²) in [6.07, 6.45) is 9.99. The number of hydrogen-bond donors (Lipinski definition) is 3. The minimum Gasteiger partial charge on any atom is -0.476 e. The Balaban J connectivity index is 1.01. The zero-order valence-corrected chi connectivity index (χ0v) is 31.5. The van der Waals surface area contributed by atoms with Crippen molar-refractivity contribution in [2.24, 2.45) is 22.0 Å². The van der Waals surface area contributed by atoms with Crippen molar-refractivity contribution in [1.82, 2.24) is 24.7 Å². The molecule has 1 amide bonds. The number of ether oxygens (including phenoxy) is 1.